The van der Waals surface area contributed by atoms with Crippen molar-refractivity contribution in [3.05, 3.63) is 11.9 Å². The summed E-state index contributed by atoms with van der Waals surface area (Å²) in [5.74, 6) is -0.413. The van der Waals surface area contributed by atoms with Gasteiger partial charge in [-0.15, -0.1) is 0 Å². The van der Waals surface area contributed by atoms with Gasteiger partial charge in [0.05, 0.1) is 18.5 Å². The van der Waals surface area contributed by atoms with Crippen LogP contribution in [0.5, 0.6) is 0 Å². The van der Waals surface area contributed by atoms with Gasteiger partial charge in [0.25, 0.3) is 0 Å². The van der Waals surface area contributed by atoms with Crippen LogP contribution in [0.2, 0.25) is 0 Å². The second kappa shape index (κ2) is 7.84. The van der Waals surface area contributed by atoms with Crippen molar-refractivity contribution >= 4 is 17.7 Å². The number of carboxylic acids is 1. The maximum Gasteiger partial charge on any atom is 0.313 e. The summed E-state index contributed by atoms with van der Waals surface area (Å²) in [6.07, 6.45) is 7.14. The molecule has 1 aromatic rings. The van der Waals surface area contributed by atoms with E-state index in [9.17, 15) is 4.79 Å². The van der Waals surface area contributed by atoms with Crippen LogP contribution in [0.3, 0.4) is 0 Å². The third-order valence-electron chi connectivity index (χ3n) is 3.74. The van der Waals surface area contributed by atoms with E-state index >= 15 is 0 Å². The lowest BCUT2D eigenvalue weighted by Crippen LogP contribution is -2.16. The first-order chi connectivity index (χ1) is 10.1. The van der Waals surface area contributed by atoms with Crippen LogP contribution in [-0.4, -0.2) is 39.1 Å². The summed E-state index contributed by atoms with van der Waals surface area (Å²) in [7, 11) is 0. The number of carboxylic acid groups (broad SMARTS) is 1. The zero-order valence-corrected chi connectivity index (χ0v) is 13.6. The van der Waals surface area contributed by atoms with Gasteiger partial charge in [-0.3, -0.25) is 4.79 Å². The standard InChI is InChI=1S/C15H24N2O3S/c1-11(2)13-9-16-15(21-10-14(18)19)17(13)7-8-20-12-5-3-4-6-12/h9,11-12H,3-8,10H2,1-2H3,(H,18,19). The number of aromatic nitrogens is 2. The number of aliphatic carboxylic acids is 1. The molecule has 2 rings (SSSR count). The monoisotopic (exact) mass is 312 g/mol. The molecule has 0 aliphatic heterocycles. The van der Waals surface area contributed by atoms with Gasteiger partial charge in [-0.1, -0.05) is 38.5 Å². The SMILES string of the molecule is CC(C)c1cnc(SCC(=O)O)n1CCOC1CCCC1. The Kier molecular flexibility index (Phi) is 6.11. The van der Waals surface area contributed by atoms with Crippen LogP contribution >= 0.6 is 11.8 Å². The van der Waals surface area contributed by atoms with Crippen LogP contribution in [0.1, 0.15) is 51.1 Å². The highest BCUT2D eigenvalue weighted by molar-refractivity contribution is 7.99. The third-order valence-corrected chi connectivity index (χ3v) is 4.71. The van der Waals surface area contributed by atoms with Crippen LogP contribution in [0, 0.1) is 0 Å². The predicted molar refractivity (Wildman–Crippen MR) is 82.9 cm³/mol. The Labute approximate surface area is 130 Å². The fourth-order valence-corrected chi connectivity index (χ4v) is 3.40. The van der Waals surface area contributed by atoms with Gasteiger partial charge in [-0.2, -0.15) is 0 Å². The zero-order chi connectivity index (χ0) is 15.2. The maximum atomic E-state index is 10.7. The van der Waals surface area contributed by atoms with Crippen LogP contribution in [0.25, 0.3) is 0 Å². The minimum absolute atomic E-state index is 0.0397. The first-order valence-electron chi connectivity index (χ1n) is 7.59. The highest BCUT2D eigenvalue weighted by atomic mass is 32.2. The van der Waals surface area contributed by atoms with Gasteiger partial charge >= 0.3 is 5.97 Å². The summed E-state index contributed by atoms with van der Waals surface area (Å²) < 4.78 is 8.02. The number of nitrogens with zero attached hydrogens (tertiary/aromatic N) is 2. The predicted octanol–water partition coefficient (Wildman–Crippen LogP) is 3.14. The van der Waals surface area contributed by atoms with Gasteiger partial charge in [-0.05, 0) is 18.8 Å². The molecule has 1 aliphatic rings. The van der Waals surface area contributed by atoms with E-state index in [-0.39, 0.29) is 5.75 Å². The van der Waals surface area contributed by atoms with E-state index in [1.807, 2.05) is 6.20 Å². The van der Waals surface area contributed by atoms with E-state index in [2.05, 4.69) is 23.4 Å². The molecule has 0 radical (unpaired) electrons. The highest BCUT2D eigenvalue weighted by Crippen LogP contribution is 2.24. The molecule has 0 spiro atoms. The van der Waals surface area contributed by atoms with Crippen molar-refractivity contribution in [1.82, 2.24) is 9.55 Å². The molecule has 1 heterocycles. The Balaban J connectivity index is 1.96. The smallest absolute Gasteiger partial charge is 0.313 e. The largest absolute Gasteiger partial charge is 0.481 e. The van der Waals surface area contributed by atoms with Crippen LogP contribution in [0.15, 0.2) is 11.4 Å². The molecule has 1 aliphatic carbocycles. The van der Waals surface area contributed by atoms with E-state index in [0.717, 1.165) is 17.4 Å². The Bertz CT molecular complexity index is 467. The Morgan fingerprint density at radius 2 is 2.24 bits per heavy atom. The molecule has 0 atom stereocenters. The lowest BCUT2D eigenvalue weighted by atomic mass is 10.1. The van der Waals surface area contributed by atoms with Crippen LogP contribution in [0.4, 0.5) is 0 Å². The lowest BCUT2D eigenvalue weighted by Gasteiger charge is -2.16. The van der Waals surface area contributed by atoms with Crippen molar-refractivity contribution in [2.75, 3.05) is 12.4 Å². The second-order valence-corrected chi connectivity index (χ2v) is 6.67. The quantitative estimate of drug-likeness (QED) is 0.747. The number of imidazole rings is 1. The molecule has 21 heavy (non-hydrogen) atoms. The molecule has 6 heteroatoms. The molecule has 0 saturated heterocycles. The number of ether oxygens (including phenoxy) is 1. The van der Waals surface area contributed by atoms with E-state index in [4.69, 9.17) is 9.84 Å². The normalized spacial score (nSPS) is 16.0. The summed E-state index contributed by atoms with van der Waals surface area (Å²) >= 11 is 1.27. The first-order valence-corrected chi connectivity index (χ1v) is 8.58. The average Bonchev–Trinajstić information content (AvgIpc) is 3.05. The fourth-order valence-electron chi connectivity index (χ4n) is 2.66. The average molecular weight is 312 g/mol. The number of thioether (sulfide) groups is 1. The van der Waals surface area contributed by atoms with Gasteiger partial charge < -0.3 is 14.4 Å². The van der Waals surface area contributed by atoms with Crippen LogP contribution < -0.4 is 0 Å². The van der Waals surface area contributed by atoms with Crippen molar-refractivity contribution in [2.24, 2.45) is 0 Å². The van der Waals surface area contributed by atoms with Gasteiger partial charge in [0.2, 0.25) is 0 Å². The molecule has 1 aromatic heterocycles. The minimum Gasteiger partial charge on any atom is -0.481 e. The molecule has 0 unspecified atom stereocenters. The topological polar surface area (TPSA) is 64.3 Å². The van der Waals surface area contributed by atoms with E-state index in [1.165, 1.54) is 37.4 Å². The maximum absolute atomic E-state index is 10.7. The number of hydrogen-bond donors (Lipinski definition) is 1. The number of rotatable bonds is 8. The van der Waals surface area contributed by atoms with Crippen molar-refractivity contribution in [1.29, 1.82) is 0 Å². The van der Waals surface area contributed by atoms with Crippen molar-refractivity contribution in [3.63, 3.8) is 0 Å². The summed E-state index contributed by atoms with van der Waals surface area (Å²) in [5, 5.41) is 9.59. The van der Waals surface area contributed by atoms with E-state index in [0.29, 0.717) is 18.6 Å². The molecular formula is C15H24N2O3S. The minimum atomic E-state index is -0.817. The van der Waals surface area contributed by atoms with Gasteiger partial charge in [0.1, 0.15) is 0 Å². The highest BCUT2D eigenvalue weighted by Gasteiger charge is 2.17. The number of carbonyl (C=O) groups is 1. The summed E-state index contributed by atoms with van der Waals surface area (Å²) in [6.45, 7) is 5.65. The molecule has 118 valence electrons. The summed E-state index contributed by atoms with van der Waals surface area (Å²) in [6, 6.07) is 0. The van der Waals surface area contributed by atoms with E-state index in [1.54, 1.807) is 0 Å². The van der Waals surface area contributed by atoms with Gasteiger partial charge in [0.15, 0.2) is 5.16 Å². The second-order valence-electron chi connectivity index (χ2n) is 5.73. The third kappa shape index (κ3) is 4.74. The fraction of sp³-hybridized carbons (Fsp3) is 0.733. The molecular weight excluding hydrogens is 288 g/mol. The zero-order valence-electron chi connectivity index (χ0n) is 12.7. The Hall–Kier alpha value is -1.01. The molecule has 1 saturated carbocycles. The van der Waals surface area contributed by atoms with Crippen LogP contribution in [-0.2, 0) is 16.1 Å². The van der Waals surface area contributed by atoms with Crippen molar-refractivity contribution in [3.8, 4) is 0 Å². The Morgan fingerprint density at radius 1 is 1.52 bits per heavy atom. The van der Waals surface area contributed by atoms with E-state index < -0.39 is 5.97 Å². The first kappa shape index (κ1) is 16.4. The van der Waals surface area contributed by atoms with Gasteiger partial charge in [0, 0.05) is 18.4 Å². The number of hydrogen-bond acceptors (Lipinski definition) is 4. The van der Waals surface area contributed by atoms with Gasteiger partial charge in [-0.25, -0.2) is 4.98 Å². The molecule has 0 aromatic carbocycles. The Morgan fingerprint density at radius 3 is 2.86 bits per heavy atom. The molecule has 1 fully saturated rings. The summed E-state index contributed by atoms with van der Waals surface area (Å²) in [5.41, 5.74) is 1.14. The van der Waals surface area contributed by atoms with Crippen molar-refractivity contribution < 1.29 is 14.6 Å². The molecule has 0 bridgehead atoms. The lowest BCUT2D eigenvalue weighted by molar-refractivity contribution is -0.133. The van der Waals surface area contributed by atoms with Crippen molar-refractivity contribution in [2.45, 2.75) is 63.3 Å². The molecule has 5 nitrogen and oxygen atoms in total. The molecule has 0 amide bonds. The molecule has 1 N–H and O–H groups in total. The summed E-state index contributed by atoms with van der Waals surface area (Å²) in [4.78, 5) is 15.1.